The summed E-state index contributed by atoms with van der Waals surface area (Å²) in [6.45, 7) is 0. The zero-order chi connectivity index (χ0) is 13.1. The van der Waals surface area contributed by atoms with E-state index >= 15 is 0 Å². The standard InChI is InChI=1S/C11H8BrCl2N3O/c1-15-10-4-11(17-5-16-10)18-9-3-7(13)6(12)2-8(9)14/h2-5H,1H3,(H,15,16,17). The second kappa shape index (κ2) is 5.73. The summed E-state index contributed by atoms with van der Waals surface area (Å²) in [7, 11) is 1.76. The number of ether oxygens (including phenoxy) is 1. The van der Waals surface area contributed by atoms with Gasteiger partial charge in [-0.15, -0.1) is 0 Å². The molecule has 2 rings (SSSR count). The van der Waals surface area contributed by atoms with Gasteiger partial charge in [-0.25, -0.2) is 9.97 Å². The maximum absolute atomic E-state index is 6.05. The van der Waals surface area contributed by atoms with E-state index in [0.29, 0.717) is 32.0 Å². The fourth-order valence-electron chi connectivity index (χ4n) is 1.23. The number of halogens is 3. The van der Waals surface area contributed by atoms with Crippen molar-refractivity contribution < 1.29 is 4.74 Å². The minimum absolute atomic E-state index is 0.384. The van der Waals surface area contributed by atoms with Crippen molar-refractivity contribution in [1.82, 2.24) is 9.97 Å². The van der Waals surface area contributed by atoms with Gasteiger partial charge < -0.3 is 10.1 Å². The summed E-state index contributed by atoms with van der Waals surface area (Å²) in [5.41, 5.74) is 0. The maximum Gasteiger partial charge on any atom is 0.224 e. The summed E-state index contributed by atoms with van der Waals surface area (Å²) in [6.07, 6.45) is 1.40. The highest BCUT2D eigenvalue weighted by Crippen LogP contribution is 2.36. The first-order valence-electron chi connectivity index (χ1n) is 4.92. The summed E-state index contributed by atoms with van der Waals surface area (Å²) in [5, 5.41) is 3.84. The summed E-state index contributed by atoms with van der Waals surface area (Å²) >= 11 is 15.3. The molecule has 0 saturated heterocycles. The van der Waals surface area contributed by atoms with E-state index in [9.17, 15) is 0 Å². The van der Waals surface area contributed by atoms with Gasteiger partial charge in [0.25, 0.3) is 0 Å². The number of rotatable bonds is 3. The highest BCUT2D eigenvalue weighted by Gasteiger charge is 2.09. The van der Waals surface area contributed by atoms with Crippen LogP contribution in [0.1, 0.15) is 0 Å². The molecule has 18 heavy (non-hydrogen) atoms. The smallest absolute Gasteiger partial charge is 0.224 e. The highest BCUT2D eigenvalue weighted by atomic mass is 79.9. The van der Waals surface area contributed by atoms with Crippen LogP contribution >= 0.6 is 39.1 Å². The topological polar surface area (TPSA) is 47.0 Å². The van der Waals surface area contributed by atoms with Crippen molar-refractivity contribution in [3.05, 3.63) is 39.0 Å². The zero-order valence-electron chi connectivity index (χ0n) is 9.25. The van der Waals surface area contributed by atoms with Crippen LogP contribution in [0.5, 0.6) is 11.6 Å². The molecule has 0 amide bonds. The summed E-state index contributed by atoms with van der Waals surface area (Å²) in [6, 6.07) is 4.95. The first-order valence-corrected chi connectivity index (χ1v) is 6.47. The molecule has 0 spiro atoms. The van der Waals surface area contributed by atoms with Gasteiger partial charge in [-0.2, -0.15) is 0 Å². The molecule has 1 heterocycles. The van der Waals surface area contributed by atoms with E-state index < -0.39 is 0 Å². The number of hydrogen-bond donors (Lipinski definition) is 1. The van der Waals surface area contributed by atoms with Gasteiger partial charge in [0.1, 0.15) is 17.9 Å². The average Bonchev–Trinajstić information content (AvgIpc) is 2.36. The number of aromatic nitrogens is 2. The van der Waals surface area contributed by atoms with Gasteiger partial charge >= 0.3 is 0 Å². The Labute approximate surface area is 122 Å². The van der Waals surface area contributed by atoms with Crippen molar-refractivity contribution in [2.24, 2.45) is 0 Å². The van der Waals surface area contributed by atoms with Crippen LogP contribution in [0.2, 0.25) is 10.0 Å². The Balaban J connectivity index is 2.30. The predicted molar refractivity (Wildman–Crippen MR) is 75.8 cm³/mol. The first kappa shape index (κ1) is 13.4. The van der Waals surface area contributed by atoms with Gasteiger partial charge in [0.2, 0.25) is 5.88 Å². The van der Waals surface area contributed by atoms with E-state index in [0.717, 1.165) is 0 Å². The van der Waals surface area contributed by atoms with Gasteiger partial charge in [-0.05, 0) is 22.0 Å². The Morgan fingerprint density at radius 1 is 1.17 bits per heavy atom. The highest BCUT2D eigenvalue weighted by molar-refractivity contribution is 9.10. The zero-order valence-corrected chi connectivity index (χ0v) is 12.3. The van der Waals surface area contributed by atoms with Gasteiger partial charge in [-0.3, -0.25) is 0 Å². The van der Waals surface area contributed by atoms with Crippen molar-refractivity contribution in [1.29, 1.82) is 0 Å². The third kappa shape index (κ3) is 3.04. The number of anilines is 1. The Hall–Kier alpha value is -1.04. The predicted octanol–water partition coefficient (Wildman–Crippen LogP) is 4.38. The third-order valence-electron chi connectivity index (χ3n) is 2.09. The van der Waals surface area contributed by atoms with Crippen molar-refractivity contribution in [3.63, 3.8) is 0 Å². The lowest BCUT2D eigenvalue weighted by atomic mass is 10.3. The monoisotopic (exact) mass is 347 g/mol. The Bertz CT molecular complexity index is 580. The fraction of sp³-hybridized carbons (Fsp3) is 0.0909. The van der Waals surface area contributed by atoms with Crippen LogP contribution in [-0.4, -0.2) is 17.0 Å². The largest absolute Gasteiger partial charge is 0.437 e. The molecule has 7 heteroatoms. The molecule has 0 radical (unpaired) electrons. The van der Waals surface area contributed by atoms with Crippen LogP contribution in [0.3, 0.4) is 0 Å². The minimum atomic E-state index is 0.384. The van der Waals surface area contributed by atoms with Crippen molar-refractivity contribution >= 4 is 44.9 Å². The SMILES string of the molecule is CNc1cc(Oc2cc(Cl)c(Br)cc2Cl)ncn1. The van der Waals surface area contributed by atoms with Gasteiger partial charge in [0.15, 0.2) is 0 Å². The molecule has 0 atom stereocenters. The number of hydrogen-bond acceptors (Lipinski definition) is 4. The van der Waals surface area contributed by atoms with Crippen LogP contribution in [0.25, 0.3) is 0 Å². The minimum Gasteiger partial charge on any atom is -0.437 e. The molecule has 4 nitrogen and oxygen atoms in total. The van der Waals surface area contributed by atoms with E-state index in [1.807, 2.05) is 0 Å². The Morgan fingerprint density at radius 3 is 2.67 bits per heavy atom. The summed E-state index contributed by atoms with van der Waals surface area (Å²) < 4.78 is 6.27. The summed E-state index contributed by atoms with van der Waals surface area (Å²) in [4.78, 5) is 7.97. The molecule has 1 N–H and O–H groups in total. The van der Waals surface area contributed by atoms with Crippen molar-refractivity contribution in [2.75, 3.05) is 12.4 Å². The lowest BCUT2D eigenvalue weighted by molar-refractivity contribution is 0.462. The van der Waals surface area contributed by atoms with Crippen LogP contribution in [0, 0.1) is 0 Å². The number of nitrogens with zero attached hydrogens (tertiary/aromatic N) is 2. The van der Waals surface area contributed by atoms with E-state index in [1.165, 1.54) is 6.33 Å². The second-order valence-electron chi connectivity index (χ2n) is 3.29. The quantitative estimate of drug-likeness (QED) is 0.836. The third-order valence-corrected chi connectivity index (χ3v) is 3.58. The van der Waals surface area contributed by atoms with Crippen LogP contribution < -0.4 is 10.1 Å². The van der Waals surface area contributed by atoms with Crippen molar-refractivity contribution in [2.45, 2.75) is 0 Å². The first-order chi connectivity index (χ1) is 8.60. The van der Waals surface area contributed by atoms with E-state index in [4.69, 9.17) is 27.9 Å². The van der Waals surface area contributed by atoms with Crippen LogP contribution in [0.4, 0.5) is 5.82 Å². The Morgan fingerprint density at radius 2 is 1.94 bits per heavy atom. The molecule has 2 aromatic rings. The van der Waals surface area contributed by atoms with E-state index in [-0.39, 0.29) is 0 Å². The number of benzene rings is 1. The van der Waals surface area contributed by atoms with Crippen molar-refractivity contribution in [3.8, 4) is 11.6 Å². The molecule has 1 aromatic carbocycles. The second-order valence-corrected chi connectivity index (χ2v) is 4.96. The van der Waals surface area contributed by atoms with Gasteiger partial charge in [0.05, 0.1) is 10.0 Å². The number of nitrogens with one attached hydrogen (secondary N) is 1. The lowest BCUT2D eigenvalue weighted by Crippen LogP contribution is -1.95. The van der Waals surface area contributed by atoms with Gasteiger partial charge in [-0.1, -0.05) is 23.2 Å². The maximum atomic E-state index is 6.05. The molecular weight excluding hydrogens is 341 g/mol. The molecule has 0 aliphatic heterocycles. The van der Waals surface area contributed by atoms with E-state index in [2.05, 4.69) is 31.2 Å². The normalized spacial score (nSPS) is 10.2. The molecular formula is C11H8BrCl2N3O. The lowest BCUT2D eigenvalue weighted by Gasteiger charge is -2.08. The van der Waals surface area contributed by atoms with E-state index in [1.54, 1.807) is 25.2 Å². The average molecular weight is 349 g/mol. The molecule has 0 bridgehead atoms. The van der Waals surface area contributed by atoms with Crippen LogP contribution in [0.15, 0.2) is 29.0 Å². The molecule has 94 valence electrons. The molecule has 1 aromatic heterocycles. The molecule has 0 fully saturated rings. The molecule has 0 aliphatic rings. The van der Waals surface area contributed by atoms with Gasteiger partial charge in [0, 0.05) is 23.7 Å². The summed E-state index contributed by atoms with van der Waals surface area (Å²) in [5.74, 6) is 1.47. The molecule has 0 saturated carbocycles. The Kier molecular flexibility index (Phi) is 4.27. The molecule has 0 unspecified atom stereocenters. The molecule has 0 aliphatic carbocycles. The fourth-order valence-corrected chi connectivity index (χ4v) is 2.06. The van der Waals surface area contributed by atoms with Crippen LogP contribution in [-0.2, 0) is 0 Å².